The predicted octanol–water partition coefficient (Wildman–Crippen LogP) is 2.29. The van der Waals surface area contributed by atoms with Crippen molar-refractivity contribution in [2.24, 2.45) is 10.4 Å². The third-order valence-electron chi connectivity index (χ3n) is 0.831. The maximum Gasteiger partial charge on any atom is 0.0277 e. The summed E-state index contributed by atoms with van der Waals surface area (Å²) < 4.78 is 0. The number of hydrogen-bond donors (Lipinski definition) is 0. The molecular formula is C8H15N. The van der Waals surface area contributed by atoms with Crippen molar-refractivity contribution in [2.75, 3.05) is 7.05 Å². The smallest absolute Gasteiger partial charge is 0.0277 e. The van der Waals surface area contributed by atoms with E-state index in [1.165, 1.54) is 0 Å². The van der Waals surface area contributed by atoms with E-state index in [1.807, 2.05) is 6.08 Å². The average molecular weight is 125 g/mol. The third-order valence-corrected chi connectivity index (χ3v) is 0.831. The van der Waals surface area contributed by atoms with Crippen molar-refractivity contribution < 1.29 is 0 Å². The van der Waals surface area contributed by atoms with Gasteiger partial charge in [0.05, 0.1) is 0 Å². The van der Waals surface area contributed by atoms with Gasteiger partial charge < -0.3 is 0 Å². The molecule has 1 nitrogen and oxygen atoms in total. The Bertz CT molecular complexity index is 115. The molecule has 0 rings (SSSR count). The maximum atomic E-state index is 3.83. The molecule has 0 spiro atoms. The van der Waals surface area contributed by atoms with Gasteiger partial charge in [0.1, 0.15) is 0 Å². The summed E-state index contributed by atoms with van der Waals surface area (Å²) in [6, 6.07) is 0. The standard InChI is InChI=1S/C8H15N/c1-8(2,3)6-5-7-9-4/h5-7H,1-4H3/b6-5-,9-7?. The molecule has 0 bridgehead atoms. The topological polar surface area (TPSA) is 12.4 Å². The van der Waals surface area contributed by atoms with Crippen LogP contribution in [-0.4, -0.2) is 13.3 Å². The molecule has 9 heavy (non-hydrogen) atoms. The van der Waals surface area contributed by atoms with Crippen molar-refractivity contribution in [3.8, 4) is 0 Å². The Balaban J connectivity index is 3.71. The second-order valence-electron chi connectivity index (χ2n) is 3.13. The van der Waals surface area contributed by atoms with Crippen molar-refractivity contribution in [3.05, 3.63) is 12.2 Å². The number of allylic oxidation sites excluding steroid dienone is 2. The van der Waals surface area contributed by atoms with Crippen LogP contribution in [0.3, 0.4) is 0 Å². The molecule has 0 saturated carbocycles. The van der Waals surface area contributed by atoms with Crippen LogP contribution in [0.15, 0.2) is 17.1 Å². The van der Waals surface area contributed by atoms with Crippen LogP contribution in [0.4, 0.5) is 0 Å². The van der Waals surface area contributed by atoms with E-state index in [4.69, 9.17) is 0 Å². The summed E-state index contributed by atoms with van der Waals surface area (Å²) in [6.07, 6.45) is 5.89. The molecule has 1 heteroatoms. The SMILES string of the molecule is CN=C/C=C\C(C)(C)C. The highest BCUT2D eigenvalue weighted by atomic mass is 14.6. The first kappa shape index (κ1) is 8.41. The Morgan fingerprint density at radius 2 is 1.78 bits per heavy atom. The summed E-state index contributed by atoms with van der Waals surface area (Å²) in [5.41, 5.74) is 0.279. The van der Waals surface area contributed by atoms with Crippen LogP contribution in [0.5, 0.6) is 0 Å². The van der Waals surface area contributed by atoms with Gasteiger partial charge in [-0.2, -0.15) is 0 Å². The molecular weight excluding hydrogens is 110 g/mol. The van der Waals surface area contributed by atoms with Crippen LogP contribution in [0.2, 0.25) is 0 Å². The Labute approximate surface area is 57.5 Å². The van der Waals surface area contributed by atoms with Crippen molar-refractivity contribution in [2.45, 2.75) is 20.8 Å². The van der Waals surface area contributed by atoms with Gasteiger partial charge in [-0.25, -0.2) is 0 Å². The van der Waals surface area contributed by atoms with Crippen molar-refractivity contribution in [3.63, 3.8) is 0 Å². The molecule has 0 aromatic carbocycles. The zero-order chi connectivity index (χ0) is 7.33. The Hall–Kier alpha value is -0.590. The number of nitrogens with zero attached hydrogens (tertiary/aromatic N) is 1. The van der Waals surface area contributed by atoms with E-state index in [-0.39, 0.29) is 5.41 Å². The molecule has 0 aliphatic heterocycles. The molecule has 0 fully saturated rings. The van der Waals surface area contributed by atoms with Gasteiger partial charge in [-0.3, -0.25) is 4.99 Å². The fourth-order valence-electron chi connectivity index (χ4n) is 0.418. The lowest BCUT2D eigenvalue weighted by molar-refractivity contribution is 0.545. The molecule has 0 aliphatic carbocycles. The first-order valence-electron chi connectivity index (χ1n) is 3.16. The minimum atomic E-state index is 0.279. The Morgan fingerprint density at radius 3 is 2.11 bits per heavy atom. The minimum Gasteiger partial charge on any atom is -0.297 e. The van der Waals surface area contributed by atoms with Crippen molar-refractivity contribution in [1.29, 1.82) is 0 Å². The molecule has 0 aliphatic rings. The van der Waals surface area contributed by atoms with Crippen LogP contribution in [0, 0.1) is 5.41 Å². The van der Waals surface area contributed by atoms with Gasteiger partial charge in [0.15, 0.2) is 0 Å². The summed E-state index contributed by atoms with van der Waals surface area (Å²) in [5, 5.41) is 0. The highest BCUT2D eigenvalue weighted by molar-refractivity contribution is 5.70. The summed E-state index contributed by atoms with van der Waals surface area (Å²) in [7, 11) is 1.77. The van der Waals surface area contributed by atoms with Gasteiger partial charge in [0, 0.05) is 13.3 Å². The molecule has 0 aromatic heterocycles. The molecule has 0 radical (unpaired) electrons. The van der Waals surface area contributed by atoms with Crippen LogP contribution in [0.1, 0.15) is 20.8 Å². The molecule has 0 atom stereocenters. The minimum absolute atomic E-state index is 0.279. The van der Waals surface area contributed by atoms with Gasteiger partial charge in [-0.1, -0.05) is 26.8 Å². The molecule has 0 saturated heterocycles. The molecule has 52 valence electrons. The molecule has 0 unspecified atom stereocenters. The quantitative estimate of drug-likeness (QED) is 0.477. The monoisotopic (exact) mass is 125 g/mol. The Morgan fingerprint density at radius 1 is 1.22 bits per heavy atom. The second kappa shape index (κ2) is 3.44. The van der Waals surface area contributed by atoms with Crippen LogP contribution >= 0.6 is 0 Å². The fourth-order valence-corrected chi connectivity index (χ4v) is 0.418. The van der Waals surface area contributed by atoms with E-state index in [1.54, 1.807) is 13.3 Å². The highest BCUT2D eigenvalue weighted by Gasteiger charge is 2.01. The fraction of sp³-hybridized carbons (Fsp3) is 0.625. The van der Waals surface area contributed by atoms with E-state index in [0.29, 0.717) is 0 Å². The van der Waals surface area contributed by atoms with Gasteiger partial charge >= 0.3 is 0 Å². The second-order valence-corrected chi connectivity index (χ2v) is 3.13. The van der Waals surface area contributed by atoms with E-state index in [2.05, 4.69) is 31.8 Å². The molecule has 0 heterocycles. The van der Waals surface area contributed by atoms with Gasteiger partial charge in [0.25, 0.3) is 0 Å². The van der Waals surface area contributed by atoms with Crippen LogP contribution in [0.25, 0.3) is 0 Å². The van der Waals surface area contributed by atoms with E-state index < -0.39 is 0 Å². The average Bonchev–Trinajstić information content (AvgIpc) is 1.63. The number of rotatable bonds is 1. The van der Waals surface area contributed by atoms with Crippen molar-refractivity contribution >= 4 is 6.21 Å². The zero-order valence-electron chi connectivity index (χ0n) is 6.68. The van der Waals surface area contributed by atoms with Crippen LogP contribution in [-0.2, 0) is 0 Å². The third kappa shape index (κ3) is 7.41. The Kier molecular flexibility index (Phi) is 3.21. The lowest BCUT2D eigenvalue weighted by Crippen LogP contribution is -1.98. The van der Waals surface area contributed by atoms with E-state index in [0.717, 1.165) is 0 Å². The maximum absolute atomic E-state index is 3.83. The summed E-state index contributed by atoms with van der Waals surface area (Å²) in [6.45, 7) is 6.48. The van der Waals surface area contributed by atoms with Gasteiger partial charge in [0.2, 0.25) is 0 Å². The lowest BCUT2D eigenvalue weighted by Gasteiger charge is -2.09. The summed E-state index contributed by atoms with van der Waals surface area (Å²) >= 11 is 0. The number of hydrogen-bond acceptors (Lipinski definition) is 1. The van der Waals surface area contributed by atoms with Gasteiger partial charge in [-0.15, -0.1) is 0 Å². The molecule has 0 N–H and O–H groups in total. The first-order chi connectivity index (χ1) is 4.06. The van der Waals surface area contributed by atoms with E-state index >= 15 is 0 Å². The van der Waals surface area contributed by atoms with E-state index in [9.17, 15) is 0 Å². The van der Waals surface area contributed by atoms with Crippen LogP contribution < -0.4 is 0 Å². The lowest BCUT2D eigenvalue weighted by atomic mass is 9.97. The summed E-state index contributed by atoms with van der Waals surface area (Å²) in [5.74, 6) is 0. The normalized spacial score (nSPS) is 13.8. The number of aliphatic imine (C=N–C) groups is 1. The van der Waals surface area contributed by atoms with Gasteiger partial charge in [-0.05, 0) is 11.5 Å². The van der Waals surface area contributed by atoms with Crippen molar-refractivity contribution in [1.82, 2.24) is 0 Å². The highest BCUT2D eigenvalue weighted by Crippen LogP contribution is 2.13. The molecule has 0 aromatic rings. The molecule has 0 amide bonds. The largest absolute Gasteiger partial charge is 0.297 e. The predicted molar refractivity (Wildman–Crippen MR) is 43.0 cm³/mol. The zero-order valence-corrected chi connectivity index (χ0v) is 6.68. The summed E-state index contributed by atoms with van der Waals surface area (Å²) in [4.78, 5) is 3.83. The first-order valence-corrected chi connectivity index (χ1v) is 3.16.